The number of nitrogens with zero attached hydrogens (tertiary/aromatic N) is 1. The van der Waals surface area contributed by atoms with E-state index in [1.54, 1.807) is 6.07 Å². The number of carbonyl (C=O) groups excluding carboxylic acids is 1. The SMILES string of the molecule is COc1c(C(=O)CC#N)ccc2ccccc12. The molecule has 0 bridgehead atoms. The van der Waals surface area contributed by atoms with Gasteiger partial charge in [-0.15, -0.1) is 0 Å². The van der Waals surface area contributed by atoms with E-state index in [1.807, 2.05) is 36.4 Å². The van der Waals surface area contributed by atoms with Crippen LogP contribution in [-0.4, -0.2) is 12.9 Å². The molecular weight excluding hydrogens is 214 g/mol. The Balaban J connectivity index is 2.65. The van der Waals surface area contributed by atoms with Gasteiger partial charge in [-0.25, -0.2) is 0 Å². The Bertz CT molecular complexity index is 611. The molecule has 3 heteroatoms. The molecule has 2 aromatic carbocycles. The molecule has 0 heterocycles. The minimum Gasteiger partial charge on any atom is -0.495 e. The topological polar surface area (TPSA) is 50.1 Å². The largest absolute Gasteiger partial charge is 0.495 e. The smallest absolute Gasteiger partial charge is 0.180 e. The maximum Gasteiger partial charge on any atom is 0.180 e. The first kappa shape index (κ1) is 11.2. The summed E-state index contributed by atoms with van der Waals surface area (Å²) in [6.07, 6.45) is -0.130. The lowest BCUT2D eigenvalue weighted by atomic mass is 10.0. The fourth-order valence-electron chi connectivity index (χ4n) is 1.85. The van der Waals surface area contributed by atoms with E-state index in [-0.39, 0.29) is 12.2 Å². The quantitative estimate of drug-likeness (QED) is 0.754. The van der Waals surface area contributed by atoms with Crippen molar-refractivity contribution in [3.05, 3.63) is 42.0 Å². The third-order valence-electron chi connectivity index (χ3n) is 2.62. The summed E-state index contributed by atoms with van der Waals surface area (Å²) in [5.74, 6) is 0.332. The van der Waals surface area contributed by atoms with Crippen molar-refractivity contribution in [3.63, 3.8) is 0 Å². The number of hydrogen-bond acceptors (Lipinski definition) is 3. The van der Waals surface area contributed by atoms with E-state index >= 15 is 0 Å². The fourth-order valence-corrected chi connectivity index (χ4v) is 1.85. The lowest BCUT2D eigenvalue weighted by Gasteiger charge is -2.09. The number of carbonyl (C=O) groups is 1. The van der Waals surface area contributed by atoms with Crippen molar-refractivity contribution in [1.29, 1.82) is 5.26 Å². The van der Waals surface area contributed by atoms with Gasteiger partial charge in [0, 0.05) is 5.39 Å². The van der Waals surface area contributed by atoms with Gasteiger partial charge >= 0.3 is 0 Å². The van der Waals surface area contributed by atoms with Gasteiger partial charge in [0.1, 0.15) is 5.75 Å². The van der Waals surface area contributed by atoms with Crippen molar-refractivity contribution in [2.75, 3.05) is 7.11 Å². The van der Waals surface area contributed by atoms with Crippen LogP contribution in [0.1, 0.15) is 16.8 Å². The van der Waals surface area contributed by atoms with Crippen molar-refractivity contribution in [1.82, 2.24) is 0 Å². The molecule has 0 aliphatic rings. The zero-order valence-electron chi connectivity index (χ0n) is 9.43. The maximum absolute atomic E-state index is 11.8. The minimum atomic E-state index is -0.213. The fraction of sp³-hybridized carbons (Fsp3) is 0.143. The van der Waals surface area contributed by atoms with E-state index in [1.165, 1.54) is 7.11 Å². The molecule has 3 nitrogen and oxygen atoms in total. The number of ketones is 1. The number of methoxy groups -OCH3 is 1. The van der Waals surface area contributed by atoms with Gasteiger partial charge in [0.25, 0.3) is 0 Å². The highest BCUT2D eigenvalue weighted by atomic mass is 16.5. The van der Waals surface area contributed by atoms with Crippen LogP contribution >= 0.6 is 0 Å². The summed E-state index contributed by atoms with van der Waals surface area (Å²) in [4.78, 5) is 11.8. The van der Waals surface area contributed by atoms with Gasteiger partial charge < -0.3 is 4.74 Å². The summed E-state index contributed by atoms with van der Waals surface area (Å²) in [6, 6.07) is 13.1. The van der Waals surface area contributed by atoms with Gasteiger partial charge in [-0.1, -0.05) is 30.3 Å². The van der Waals surface area contributed by atoms with Crippen LogP contribution < -0.4 is 4.74 Å². The molecule has 0 aromatic heterocycles. The normalized spacial score (nSPS) is 9.88. The molecule has 0 aliphatic carbocycles. The number of ether oxygens (including phenoxy) is 1. The number of benzene rings is 2. The maximum atomic E-state index is 11.8. The van der Waals surface area contributed by atoms with Crippen LogP contribution in [0.3, 0.4) is 0 Å². The van der Waals surface area contributed by atoms with Crippen LogP contribution in [0, 0.1) is 11.3 Å². The highest BCUT2D eigenvalue weighted by Crippen LogP contribution is 2.30. The lowest BCUT2D eigenvalue weighted by molar-refractivity contribution is 0.0995. The van der Waals surface area contributed by atoms with E-state index in [0.717, 1.165) is 10.8 Å². The Morgan fingerprint density at radius 2 is 2.06 bits per heavy atom. The molecule has 0 atom stereocenters. The Morgan fingerprint density at radius 1 is 1.29 bits per heavy atom. The summed E-state index contributed by atoms with van der Waals surface area (Å²) in [5, 5.41) is 10.5. The Labute approximate surface area is 99.2 Å². The van der Waals surface area contributed by atoms with E-state index < -0.39 is 0 Å². The number of hydrogen-bond donors (Lipinski definition) is 0. The van der Waals surface area contributed by atoms with Crippen LogP contribution in [0.2, 0.25) is 0 Å². The van der Waals surface area contributed by atoms with Crippen LogP contribution in [-0.2, 0) is 0 Å². The molecular formula is C14H11NO2. The van der Waals surface area contributed by atoms with E-state index in [2.05, 4.69) is 0 Å². The highest BCUT2D eigenvalue weighted by Gasteiger charge is 2.14. The molecule has 0 spiro atoms. The average Bonchev–Trinajstić information content (AvgIpc) is 2.37. The standard InChI is InChI=1S/C14H11NO2/c1-17-14-11-5-3-2-4-10(11)6-7-12(14)13(16)8-9-15/h2-7H,8H2,1H3. The van der Waals surface area contributed by atoms with Crippen molar-refractivity contribution in [2.24, 2.45) is 0 Å². The third kappa shape index (κ3) is 1.98. The predicted octanol–water partition coefficient (Wildman–Crippen LogP) is 2.94. The lowest BCUT2D eigenvalue weighted by Crippen LogP contribution is -2.01. The van der Waals surface area contributed by atoms with Crippen molar-refractivity contribution in [3.8, 4) is 11.8 Å². The van der Waals surface area contributed by atoms with Crippen LogP contribution in [0.4, 0.5) is 0 Å². The predicted molar refractivity (Wildman–Crippen MR) is 65.1 cm³/mol. The molecule has 0 fully saturated rings. The summed E-state index contributed by atoms with van der Waals surface area (Å²) in [5.41, 5.74) is 0.466. The van der Waals surface area contributed by atoms with Crippen LogP contribution in [0.5, 0.6) is 5.75 Å². The summed E-state index contributed by atoms with van der Waals surface area (Å²) >= 11 is 0. The zero-order valence-corrected chi connectivity index (χ0v) is 9.43. The molecule has 0 N–H and O–H groups in total. The molecule has 2 rings (SSSR count). The Kier molecular flexibility index (Phi) is 3.06. The number of Topliss-reactive ketones (excluding diaryl/α,β-unsaturated/α-hetero) is 1. The van der Waals surface area contributed by atoms with Crippen molar-refractivity contribution < 1.29 is 9.53 Å². The second-order valence-corrected chi connectivity index (χ2v) is 3.63. The van der Waals surface area contributed by atoms with Gasteiger partial charge in [0.05, 0.1) is 25.2 Å². The molecule has 0 unspecified atom stereocenters. The van der Waals surface area contributed by atoms with Crippen molar-refractivity contribution >= 4 is 16.6 Å². The Morgan fingerprint density at radius 3 is 2.76 bits per heavy atom. The summed E-state index contributed by atoms with van der Waals surface area (Å²) < 4.78 is 5.30. The molecule has 0 radical (unpaired) electrons. The van der Waals surface area contributed by atoms with Gasteiger partial charge in [0.2, 0.25) is 0 Å². The third-order valence-corrected chi connectivity index (χ3v) is 2.62. The van der Waals surface area contributed by atoms with Gasteiger partial charge in [0.15, 0.2) is 5.78 Å². The molecule has 0 aliphatic heterocycles. The van der Waals surface area contributed by atoms with E-state index in [4.69, 9.17) is 10.00 Å². The second-order valence-electron chi connectivity index (χ2n) is 3.63. The van der Waals surface area contributed by atoms with Gasteiger partial charge in [-0.3, -0.25) is 4.79 Å². The van der Waals surface area contributed by atoms with Crippen LogP contribution in [0.15, 0.2) is 36.4 Å². The van der Waals surface area contributed by atoms with E-state index in [9.17, 15) is 4.79 Å². The second kappa shape index (κ2) is 4.67. The molecule has 17 heavy (non-hydrogen) atoms. The first-order valence-corrected chi connectivity index (χ1v) is 5.24. The van der Waals surface area contributed by atoms with E-state index in [0.29, 0.717) is 11.3 Å². The number of nitriles is 1. The monoisotopic (exact) mass is 225 g/mol. The summed E-state index contributed by atoms with van der Waals surface area (Å²) in [7, 11) is 1.53. The Hall–Kier alpha value is -2.34. The molecule has 84 valence electrons. The van der Waals surface area contributed by atoms with Crippen LogP contribution in [0.25, 0.3) is 10.8 Å². The first-order valence-electron chi connectivity index (χ1n) is 5.24. The number of fused-ring (bicyclic) bond motifs is 1. The molecule has 0 saturated heterocycles. The van der Waals surface area contributed by atoms with Gasteiger partial charge in [-0.05, 0) is 11.5 Å². The highest BCUT2D eigenvalue weighted by molar-refractivity contribution is 6.05. The van der Waals surface area contributed by atoms with Gasteiger partial charge in [-0.2, -0.15) is 5.26 Å². The zero-order chi connectivity index (χ0) is 12.3. The number of rotatable bonds is 3. The van der Waals surface area contributed by atoms with Crippen molar-refractivity contribution in [2.45, 2.75) is 6.42 Å². The first-order chi connectivity index (χ1) is 8.27. The minimum absolute atomic E-state index is 0.130. The average molecular weight is 225 g/mol. The molecule has 0 amide bonds. The molecule has 0 saturated carbocycles. The summed E-state index contributed by atoms with van der Waals surface area (Å²) in [6.45, 7) is 0. The molecule has 2 aromatic rings.